The standard InChI is InChI=1S/C27H20O8/c28-21(8-2-17-4-10-23(30)25(32)14-17)19-7-1-16(6-12-27(34)35)13-20(19)22(29)9-3-18-5-11-24(31)26(33)15-18/h1-15,30-33H,(H,34,35). The number of hydrogen-bond donors (Lipinski definition) is 5. The highest BCUT2D eigenvalue weighted by molar-refractivity contribution is 6.18. The molecule has 35 heavy (non-hydrogen) atoms. The predicted octanol–water partition coefficient (Wildman–Crippen LogP) is 4.40. The molecule has 0 aromatic heterocycles. The van der Waals surface area contributed by atoms with Crippen LogP contribution in [0.15, 0.2) is 72.8 Å². The van der Waals surface area contributed by atoms with E-state index < -0.39 is 17.5 Å². The summed E-state index contributed by atoms with van der Waals surface area (Å²) < 4.78 is 0. The van der Waals surface area contributed by atoms with Crippen molar-refractivity contribution in [2.24, 2.45) is 0 Å². The fourth-order valence-electron chi connectivity index (χ4n) is 3.06. The maximum atomic E-state index is 13.0. The van der Waals surface area contributed by atoms with Crippen molar-refractivity contribution in [3.63, 3.8) is 0 Å². The van der Waals surface area contributed by atoms with E-state index in [1.807, 2.05) is 0 Å². The first-order valence-corrected chi connectivity index (χ1v) is 10.2. The Labute approximate surface area is 199 Å². The lowest BCUT2D eigenvalue weighted by molar-refractivity contribution is -0.131. The molecular formula is C27H20O8. The van der Waals surface area contributed by atoms with Gasteiger partial charge < -0.3 is 25.5 Å². The number of benzene rings is 3. The minimum absolute atomic E-state index is 0.0139. The van der Waals surface area contributed by atoms with E-state index in [0.717, 1.165) is 6.08 Å². The molecule has 0 saturated heterocycles. The average molecular weight is 472 g/mol. The van der Waals surface area contributed by atoms with Crippen molar-refractivity contribution in [2.45, 2.75) is 0 Å². The van der Waals surface area contributed by atoms with Crippen LogP contribution in [0.1, 0.15) is 37.4 Å². The molecule has 0 fully saturated rings. The monoisotopic (exact) mass is 472 g/mol. The molecule has 0 bridgehead atoms. The maximum Gasteiger partial charge on any atom is 0.328 e. The van der Waals surface area contributed by atoms with Gasteiger partial charge in [-0.3, -0.25) is 9.59 Å². The first-order valence-electron chi connectivity index (χ1n) is 10.2. The van der Waals surface area contributed by atoms with E-state index in [9.17, 15) is 34.8 Å². The molecule has 5 N–H and O–H groups in total. The zero-order chi connectivity index (χ0) is 25.5. The molecule has 0 unspecified atom stereocenters. The van der Waals surface area contributed by atoms with E-state index in [-0.39, 0.29) is 34.1 Å². The number of carboxylic acids is 1. The van der Waals surface area contributed by atoms with Crippen molar-refractivity contribution in [3.05, 3.63) is 101 Å². The van der Waals surface area contributed by atoms with Gasteiger partial charge in [-0.25, -0.2) is 4.79 Å². The van der Waals surface area contributed by atoms with E-state index in [4.69, 9.17) is 5.11 Å². The van der Waals surface area contributed by atoms with Gasteiger partial charge in [-0.15, -0.1) is 0 Å². The van der Waals surface area contributed by atoms with Crippen LogP contribution < -0.4 is 0 Å². The van der Waals surface area contributed by atoms with Crippen LogP contribution in [-0.2, 0) is 4.79 Å². The molecule has 3 aromatic rings. The summed E-state index contributed by atoms with van der Waals surface area (Å²) in [6.45, 7) is 0. The van der Waals surface area contributed by atoms with Gasteiger partial charge >= 0.3 is 5.97 Å². The minimum atomic E-state index is -1.18. The third-order valence-electron chi connectivity index (χ3n) is 4.85. The number of carbonyl (C=O) groups excluding carboxylic acids is 2. The highest BCUT2D eigenvalue weighted by atomic mass is 16.4. The van der Waals surface area contributed by atoms with Gasteiger partial charge in [-0.2, -0.15) is 0 Å². The van der Waals surface area contributed by atoms with Gasteiger partial charge in [0.15, 0.2) is 34.6 Å². The molecule has 0 aliphatic heterocycles. The lowest BCUT2D eigenvalue weighted by Gasteiger charge is -2.06. The molecule has 0 aliphatic rings. The molecule has 0 atom stereocenters. The molecule has 3 rings (SSSR count). The lowest BCUT2D eigenvalue weighted by Crippen LogP contribution is -2.06. The van der Waals surface area contributed by atoms with Crippen molar-refractivity contribution in [1.29, 1.82) is 0 Å². The molecule has 0 heterocycles. The second-order valence-electron chi connectivity index (χ2n) is 7.37. The Balaban J connectivity index is 1.96. The molecule has 0 saturated carbocycles. The number of phenols is 4. The first kappa shape index (κ1) is 24.5. The van der Waals surface area contributed by atoms with Gasteiger partial charge in [0.25, 0.3) is 0 Å². The molecule has 0 amide bonds. The highest BCUT2D eigenvalue weighted by Crippen LogP contribution is 2.27. The van der Waals surface area contributed by atoms with Crippen LogP contribution in [0.2, 0.25) is 0 Å². The number of ketones is 2. The summed E-state index contributed by atoms with van der Waals surface area (Å²) in [5.41, 5.74) is 1.32. The second-order valence-corrected chi connectivity index (χ2v) is 7.37. The molecule has 0 aliphatic carbocycles. The smallest absolute Gasteiger partial charge is 0.328 e. The average Bonchev–Trinajstić information content (AvgIpc) is 2.83. The topological polar surface area (TPSA) is 152 Å². The van der Waals surface area contributed by atoms with Crippen molar-refractivity contribution in [1.82, 2.24) is 0 Å². The number of phenolic OH excluding ortho intramolecular Hbond substituents is 4. The fraction of sp³-hybridized carbons (Fsp3) is 0. The van der Waals surface area contributed by atoms with Crippen LogP contribution >= 0.6 is 0 Å². The van der Waals surface area contributed by atoms with Crippen LogP contribution in [0.25, 0.3) is 18.2 Å². The largest absolute Gasteiger partial charge is 0.504 e. The van der Waals surface area contributed by atoms with E-state index >= 15 is 0 Å². The van der Waals surface area contributed by atoms with Crippen molar-refractivity contribution in [2.75, 3.05) is 0 Å². The van der Waals surface area contributed by atoms with Crippen LogP contribution in [0.4, 0.5) is 0 Å². The van der Waals surface area contributed by atoms with E-state index in [1.54, 1.807) is 0 Å². The van der Waals surface area contributed by atoms with Gasteiger partial charge in [0.1, 0.15) is 0 Å². The van der Waals surface area contributed by atoms with Gasteiger partial charge in [-0.1, -0.05) is 30.4 Å². The van der Waals surface area contributed by atoms with Crippen molar-refractivity contribution < 1.29 is 39.9 Å². The number of allylic oxidation sites excluding steroid dienone is 2. The summed E-state index contributed by atoms with van der Waals surface area (Å²) >= 11 is 0. The summed E-state index contributed by atoms with van der Waals surface area (Å²) in [6, 6.07) is 12.3. The maximum absolute atomic E-state index is 13.0. The van der Waals surface area contributed by atoms with Crippen molar-refractivity contribution >= 4 is 35.8 Å². The lowest BCUT2D eigenvalue weighted by atomic mass is 9.96. The Bertz CT molecular complexity index is 1400. The van der Waals surface area contributed by atoms with Crippen LogP contribution in [-0.4, -0.2) is 43.1 Å². The summed E-state index contributed by atoms with van der Waals surface area (Å²) in [5.74, 6) is -3.58. The third-order valence-corrected chi connectivity index (χ3v) is 4.85. The molecular weight excluding hydrogens is 452 g/mol. The Hall–Kier alpha value is -5.11. The summed E-state index contributed by atoms with van der Waals surface area (Å²) in [7, 11) is 0. The minimum Gasteiger partial charge on any atom is -0.504 e. The second kappa shape index (κ2) is 10.7. The summed E-state index contributed by atoms with van der Waals surface area (Å²) in [4.78, 5) is 36.7. The van der Waals surface area contributed by atoms with Crippen LogP contribution in [0.5, 0.6) is 23.0 Å². The zero-order valence-corrected chi connectivity index (χ0v) is 18.1. The number of carboxylic acid groups (broad SMARTS) is 1. The molecule has 0 spiro atoms. The third kappa shape index (κ3) is 6.45. The van der Waals surface area contributed by atoms with E-state index in [2.05, 4.69) is 0 Å². The Morgan fingerprint density at radius 1 is 0.514 bits per heavy atom. The SMILES string of the molecule is O=C(O)C=Cc1ccc(C(=O)C=Cc2ccc(O)c(O)c2)c(C(=O)C=Cc2ccc(O)c(O)c2)c1. The summed E-state index contributed by atoms with van der Waals surface area (Å²) in [5, 5.41) is 46.9. The molecule has 8 nitrogen and oxygen atoms in total. The fourth-order valence-corrected chi connectivity index (χ4v) is 3.06. The molecule has 3 aromatic carbocycles. The highest BCUT2D eigenvalue weighted by Gasteiger charge is 2.15. The Kier molecular flexibility index (Phi) is 7.48. The number of aliphatic carboxylic acids is 1. The normalized spacial score (nSPS) is 11.4. The Morgan fingerprint density at radius 3 is 1.43 bits per heavy atom. The molecule has 0 radical (unpaired) electrons. The van der Waals surface area contributed by atoms with Crippen LogP contribution in [0, 0.1) is 0 Å². The van der Waals surface area contributed by atoms with Crippen molar-refractivity contribution in [3.8, 4) is 23.0 Å². The van der Waals surface area contributed by atoms with E-state index in [0.29, 0.717) is 16.7 Å². The Morgan fingerprint density at radius 2 is 0.943 bits per heavy atom. The van der Waals surface area contributed by atoms with E-state index in [1.165, 1.54) is 85.0 Å². The molecule has 176 valence electrons. The first-order chi connectivity index (χ1) is 16.6. The van der Waals surface area contributed by atoms with Gasteiger partial charge in [0.05, 0.1) is 0 Å². The van der Waals surface area contributed by atoms with Crippen LogP contribution in [0.3, 0.4) is 0 Å². The molecule has 8 heteroatoms. The quantitative estimate of drug-likeness (QED) is 0.184. The predicted molar refractivity (Wildman–Crippen MR) is 129 cm³/mol. The van der Waals surface area contributed by atoms with Gasteiger partial charge in [-0.05, 0) is 71.3 Å². The number of rotatable bonds is 8. The summed E-state index contributed by atoms with van der Waals surface area (Å²) in [6.07, 6.45) is 7.37. The number of hydrogen-bond acceptors (Lipinski definition) is 7. The van der Waals surface area contributed by atoms with Gasteiger partial charge in [0.2, 0.25) is 0 Å². The number of carbonyl (C=O) groups is 3. The number of aromatic hydroxyl groups is 4. The van der Waals surface area contributed by atoms with Gasteiger partial charge in [0, 0.05) is 17.2 Å². The zero-order valence-electron chi connectivity index (χ0n) is 18.1.